The second-order valence-electron chi connectivity index (χ2n) is 16.3. The van der Waals surface area contributed by atoms with Gasteiger partial charge < -0.3 is 4.90 Å². The number of para-hydroxylation sites is 2. The monoisotopic (exact) mass is 787 g/mol. The number of benzene rings is 11. The van der Waals surface area contributed by atoms with E-state index >= 15 is 0 Å². The van der Waals surface area contributed by atoms with Crippen molar-refractivity contribution in [3.05, 3.63) is 271 Å². The van der Waals surface area contributed by atoms with Crippen LogP contribution < -0.4 is 4.90 Å². The molecule has 0 aromatic heterocycles. The SMILES string of the molecule is c1ccc(C2(c3ccccc3)c3ccccc3-c3c(N(c4ccccc4-c4ccc5ccccc5c4)c4ccccc4-c4cc5ccccc5c5ccccc45)cccc32)cc1. The van der Waals surface area contributed by atoms with E-state index in [1.54, 1.807) is 0 Å². The third-order valence-corrected chi connectivity index (χ3v) is 13.1. The minimum atomic E-state index is -0.540. The number of fused-ring (bicyclic) bond motifs is 7. The first-order valence-electron chi connectivity index (χ1n) is 21.5. The second-order valence-corrected chi connectivity index (χ2v) is 16.3. The third-order valence-electron chi connectivity index (χ3n) is 13.1. The highest BCUT2D eigenvalue weighted by Crippen LogP contribution is 2.60. The Hall–Kier alpha value is -8.00. The maximum Gasteiger partial charge on any atom is 0.0714 e. The van der Waals surface area contributed by atoms with Crippen molar-refractivity contribution in [1.29, 1.82) is 0 Å². The van der Waals surface area contributed by atoms with Crippen molar-refractivity contribution in [1.82, 2.24) is 0 Å². The molecule has 0 saturated carbocycles. The predicted octanol–water partition coefficient (Wildman–Crippen LogP) is 16.3. The normalized spacial score (nSPS) is 12.6. The summed E-state index contributed by atoms with van der Waals surface area (Å²) in [5, 5.41) is 7.43. The van der Waals surface area contributed by atoms with Crippen molar-refractivity contribution in [2.24, 2.45) is 0 Å². The van der Waals surface area contributed by atoms with E-state index in [1.165, 1.54) is 82.4 Å². The van der Waals surface area contributed by atoms with Crippen molar-refractivity contribution in [3.63, 3.8) is 0 Å². The molecule has 1 aliphatic carbocycles. The van der Waals surface area contributed by atoms with Crippen LogP contribution >= 0.6 is 0 Å². The molecule has 0 spiro atoms. The maximum atomic E-state index is 2.56. The highest BCUT2D eigenvalue weighted by molar-refractivity contribution is 6.15. The van der Waals surface area contributed by atoms with Gasteiger partial charge in [-0.1, -0.05) is 218 Å². The Bertz CT molecular complexity index is 3430. The minimum absolute atomic E-state index is 0.540. The fourth-order valence-electron chi connectivity index (χ4n) is 10.5. The number of hydrogen-bond donors (Lipinski definition) is 0. The molecular weight excluding hydrogens is 747 g/mol. The van der Waals surface area contributed by atoms with E-state index in [1.807, 2.05) is 0 Å². The summed E-state index contributed by atoms with van der Waals surface area (Å²) in [7, 11) is 0. The Kier molecular flexibility index (Phi) is 8.47. The predicted molar refractivity (Wildman–Crippen MR) is 262 cm³/mol. The van der Waals surface area contributed by atoms with Gasteiger partial charge in [0.2, 0.25) is 0 Å². The van der Waals surface area contributed by atoms with Crippen LogP contribution in [0.1, 0.15) is 22.3 Å². The molecule has 0 radical (unpaired) electrons. The van der Waals surface area contributed by atoms with Gasteiger partial charge in [0.25, 0.3) is 0 Å². The van der Waals surface area contributed by atoms with E-state index in [-0.39, 0.29) is 0 Å². The van der Waals surface area contributed by atoms with Gasteiger partial charge in [-0.3, -0.25) is 0 Å². The van der Waals surface area contributed by atoms with Crippen LogP contribution in [-0.2, 0) is 5.41 Å². The second kappa shape index (κ2) is 14.6. The summed E-state index contributed by atoms with van der Waals surface area (Å²) in [5.74, 6) is 0. The molecular formula is C61H41N. The number of anilines is 3. The lowest BCUT2D eigenvalue weighted by Crippen LogP contribution is -2.28. The Morgan fingerprint density at radius 2 is 0.790 bits per heavy atom. The van der Waals surface area contributed by atoms with E-state index in [9.17, 15) is 0 Å². The Balaban J connectivity index is 1.20. The largest absolute Gasteiger partial charge is 0.309 e. The highest BCUT2D eigenvalue weighted by Gasteiger charge is 2.47. The molecule has 11 aromatic carbocycles. The fraction of sp³-hybridized carbons (Fsp3) is 0.0164. The molecule has 0 N–H and O–H groups in total. The van der Waals surface area contributed by atoms with E-state index in [0.717, 1.165) is 22.6 Å². The number of hydrogen-bond acceptors (Lipinski definition) is 1. The van der Waals surface area contributed by atoms with Crippen molar-refractivity contribution in [2.75, 3.05) is 4.90 Å². The third kappa shape index (κ3) is 5.49. The van der Waals surface area contributed by atoms with Gasteiger partial charge in [0.05, 0.1) is 22.5 Å². The van der Waals surface area contributed by atoms with Gasteiger partial charge in [-0.15, -0.1) is 0 Å². The highest BCUT2D eigenvalue weighted by atomic mass is 15.2. The molecule has 1 nitrogen and oxygen atoms in total. The lowest BCUT2D eigenvalue weighted by molar-refractivity contribution is 0.768. The number of rotatable bonds is 7. The Morgan fingerprint density at radius 3 is 1.53 bits per heavy atom. The molecule has 0 unspecified atom stereocenters. The molecule has 0 bridgehead atoms. The molecule has 290 valence electrons. The standard InChI is InChI=1S/C61H41N/c1-3-23-46(24-4-1)61(47-25-5-2-6-26-47)55-33-16-13-32-53(55)60-56(61)34-19-37-59(60)62(57-35-17-14-28-49(57)45-39-38-42-20-7-8-21-43(42)40-45)58-36-18-15-31-52(58)54-41-44-22-9-10-27-48(44)50-29-11-12-30-51(50)54/h1-41H. The molecule has 0 amide bonds. The molecule has 0 heterocycles. The zero-order valence-electron chi connectivity index (χ0n) is 34.1. The number of nitrogens with zero attached hydrogens (tertiary/aromatic N) is 1. The van der Waals surface area contributed by atoms with Crippen LogP contribution in [0, 0.1) is 0 Å². The van der Waals surface area contributed by atoms with E-state index in [0.29, 0.717) is 0 Å². The molecule has 1 heteroatoms. The van der Waals surface area contributed by atoms with E-state index < -0.39 is 5.41 Å². The molecule has 0 fully saturated rings. The summed E-state index contributed by atoms with van der Waals surface area (Å²) >= 11 is 0. The first-order valence-corrected chi connectivity index (χ1v) is 21.5. The van der Waals surface area contributed by atoms with Crippen LogP contribution in [0.5, 0.6) is 0 Å². The average molecular weight is 788 g/mol. The average Bonchev–Trinajstić information content (AvgIpc) is 3.66. The topological polar surface area (TPSA) is 3.24 Å². The lowest BCUT2D eigenvalue weighted by Gasteiger charge is -2.35. The zero-order chi connectivity index (χ0) is 41.0. The summed E-state index contributed by atoms with van der Waals surface area (Å²) in [6, 6.07) is 91.8. The van der Waals surface area contributed by atoms with Crippen LogP contribution in [0.25, 0.3) is 65.7 Å². The van der Waals surface area contributed by atoms with Crippen molar-refractivity contribution in [3.8, 4) is 33.4 Å². The van der Waals surface area contributed by atoms with E-state index in [2.05, 4.69) is 254 Å². The van der Waals surface area contributed by atoms with Gasteiger partial charge in [-0.25, -0.2) is 0 Å². The summed E-state index contributed by atoms with van der Waals surface area (Å²) in [6.45, 7) is 0. The van der Waals surface area contributed by atoms with E-state index in [4.69, 9.17) is 0 Å². The van der Waals surface area contributed by atoms with Gasteiger partial charge in [-0.2, -0.15) is 0 Å². The minimum Gasteiger partial charge on any atom is -0.309 e. The van der Waals surface area contributed by atoms with Gasteiger partial charge in [0.1, 0.15) is 0 Å². The summed E-state index contributed by atoms with van der Waals surface area (Å²) in [6.07, 6.45) is 0. The Morgan fingerprint density at radius 1 is 0.274 bits per heavy atom. The molecule has 12 rings (SSSR count). The molecule has 11 aromatic rings. The molecule has 0 aliphatic heterocycles. The summed E-state index contributed by atoms with van der Waals surface area (Å²) < 4.78 is 0. The summed E-state index contributed by atoms with van der Waals surface area (Å²) in [5.41, 5.74) is 15.1. The first-order chi connectivity index (χ1) is 30.8. The zero-order valence-corrected chi connectivity index (χ0v) is 34.1. The van der Waals surface area contributed by atoms with Crippen molar-refractivity contribution < 1.29 is 0 Å². The van der Waals surface area contributed by atoms with Crippen LogP contribution in [0.2, 0.25) is 0 Å². The van der Waals surface area contributed by atoms with Crippen LogP contribution in [0.15, 0.2) is 249 Å². The molecule has 1 aliphatic rings. The van der Waals surface area contributed by atoms with Gasteiger partial charge in [0, 0.05) is 16.7 Å². The van der Waals surface area contributed by atoms with Crippen molar-refractivity contribution >= 4 is 49.4 Å². The van der Waals surface area contributed by atoms with Crippen LogP contribution in [-0.4, -0.2) is 0 Å². The molecule has 0 atom stereocenters. The van der Waals surface area contributed by atoms with Crippen LogP contribution in [0.4, 0.5) is 17.1 Å². The molecule has 62 heavy (non-hydrogen) atoms. The quantitative estimate of drug-likeness (QED) is 0.145. The van der Waals surface area contributed by atoms with Crippen LogP contribution in [0.3, 0.4) is 0 Å². The Labute approximate surface area is 362 Å². The van der Waals surface area contributed by atoms with Gasteiger partial charge in [-0.05, 0) is 102 Å². The van der Waals surface area contributed by atoms with Gasteiger partial charge >= 0.3 is 0 Å². The lowest BCUT2D eigenvalue weighted by atomic mass is 9.68. The fourth-order valence-corrected chi connectivity index (χ4v) is 10.5. The smallest absolute Gasteiger partial charge is 0.0714 e. The first kappa shape index (κ1) is 35.9. The van der Waals surface area contributed by atoms with Crippen molar-refractivity contribution in [2.45, 2.75) is 5.41 Å². The summed E-state index contributed by atoms with van der Waals surface area (Å²) in [4.78, 5) is 2.56. The van der Waals surface area contributed by atoms with Gasteiger partial charge in [0.15, 0.2) is 0 Å². The maximum absolute atomic E-state index is 2.56. The molecule has 0 saturated heterocycles.